The van der Waals surface area contributed by atoms with Gasteiger partial charge in [0.15, 0.2) is 0 Å². The van der Waals surface area contributed by atoms with Crippen LogP contribution in [-0.2, 0) is 9.53 Å². The number of carbonyl (C=O) groups is 1. The van der Waals surface area contributed by atoms with Crippen LogP contribution in [0.3, 0.4) is 0 Å². The molecule has 0 aromatic carbocycles. The third-order valence-corrected chi connectivity index (χ3v) is 3.58. The number of carbonyl (C=O) groups excluding carboxylic acids is 1. The van der Waals surface area contributed by atoms with Gasteiger partial charge in [-0.1, -0.05) is 0 Å². The average Bonchev–Trinajstić information content (AvgIpc) is 2.99. The second kappa shape index (κ2) is 4.87. The van der Waals surface area contributed by atoms with Crippen molar-refractivity contribution in [1.29, 1.82) is 0 Å². The third-order valence-electron chi connectivity index (χ3n) is 3.58. The van der Waals surface area contributed by atoms with E-state index in [0.29, 0.717) is 12.6 Å². The third kappa shape index (κ3) is 2.20. The molecule has 1 saturated carbocycles. The van der Waals surface area contributed by atoms with Crippen molar-refractivity contribution < 1.29 is 9.53 Å². The summed E-state index contributed by atoms with van der Waals surface area (Å²) in [5.74, 6) is -0.134. The van der Waals surface area contributed by atoms with Gasteiger partial charge in [0.1, 0.15) is 5.54 Å². The van der Waals surface area contributed by atoms with Crippen molar-refractivity contribution in [3.8, 4) is 0 Å². The Labute approximate surface area is 101 Å². The minimum Gasteiger partial charge on any atom is -0.465 e. The monoisotopic (exact) mass is 237 g/mol. The predicted molar refractivity (Wildman–Crippen MR) is 63.5 cm³/mol. The number of imidazole rings is 1. The van der Waals surface area contributed by atoms with Gasteiger partial charge in [0.2, 0.25) is 0 Å². The summed E-state index contributed by atoms with van der Waals surface area (Å²) in [6, 6.07) is 0.328. The van der Waals surface area contributed by atoms with Crippen LogP contribution in [0.5, 0.6) is 0 Å². The largest absolute Gasteiger partial charge is 0.465 e. The van der Waals surface area contributed by atoms with Gasteiger partial charge in [-0.15, -0.1) is 0 Å². The van der Waals surface area contributed by atoms with E-state index in [1.54, 1.807) is 6.20 Å². The predicted octanol–water partition coefficient (Wildman–Crippen LogP) is 1.13. The molecule has 1 heterocycles. The van der Waals surface area contributed by atoms with Crippen LogP contribution in [0, 0.1) is 0 Å². The van der Waals surface area contributed by atoms with E-state index >= 15 is 0 Å². The Morgan fingerprint density at radius 1 is 1.71 bits per heavy atom. The number of nitrogens with one attached hydrogen (secondary N) is 1. The van der Waals surface area contributed by atoms with Crippen LogP contribution in [0.2, 0.25) is 0 Å². The molecule has 17 heavy (non-hydrogen) atoms. The van der Waals surface area contributed by atoms with Crippen LogP contribution in [-0.4, -0.2) is 34.7 Å². The van der Waals surface area contributed by atoms with Crippen molar-refractivity contribution in [3.05, 3.63) is 18.7 Å². The van der Waals surface area contributed by atoms with Crippen molar-refractivity contribution in [2.45, 2.75) is 37.8 Å². The first-order chi connectivity index (χ1) is 8.22. The second-order valence-corrected chi connectivity index (χ2v) is 4.46. The highest BCUT2D eigenvalue weighted by atomic mass is 16.5. The molecule has 1 N–H and O–H groups in total. The molecule has 0 saturated heterocycles. The molecule has 94 valence electrons. The molecule has 0 bridgehead atoms. The average molecular weight is 237 g/mol. The van der Waals surface area contributed by atoms with Gasteiger partial charge in [0.05, 0.1) is 12.9 Å². The summed E-state index contributed by atoms with van der Waals surface area (Å²) >= 11 is 0. The number of nitrogens with zero attached hydrogens (tertiary/aromatic N) is 2. The first-order valence-electron chi connectivity index (χ1n) is 6.05. The molecule has 5 heteroatoms. The van der Waals surface area contributed by atoms with Crippen molar-refractivity contribution >= 4 is 5.97 Å². The Morgan fingerprint density at radius 2 is 2.53 bits per heavy atom. The zero-order valence-corrected chi connectivity index (χ0v) is 10.3. The molecule has 0 aliphatic heterocycles. The quantitative estimate of drug-likeness (QED) is 0.798. The summed E-state index contributed by atoms with van der Waals surface area (Å²) in [6.07, 6.45) is 8.06. The van der Waals surface area contributed by atoms with Gasteiger partial charge in [0.25, 0.3) is 0 Å². The minimum atomic E-state index is -0.523. The standard InChI is InChI=1S/C12H19N3O2/c1-3-17-11(16)12(13-2)5-4-10(8-12)15-7-6-14-9-15/h6-7,9-10,13H,3-5,8H2,1-2H3. The van der Waals surface area contributed by atoms with Crippen LogP contribution in [0.15, 0.2) is 18.7 Å². The van der Waals surface area contributed by atoms with Crippen LogP contribution in [0.4, 0.5) is 0 Å². The van der Waals surface area contributed by atoms with E-state index in [1.165, 1.54) is 0 Å². The van der Waals surface area contributed by atoms with Crippen LogP contribution >= 0.6 is 0 Å². The second-order valence-electron chi connectivity index (χ2n) is 4.46. The number of ether oxygens (including phenoxy) is 1. The fraction of sp³-hybridized carbons (Fsp3) is 0.667. The number of esters is 1. The fourth-order valence-corrected chi connectivity index (χ4v) is 2.54. The lowest BCUT2D eigenvalue weighted by Crippen LogP contribution is -2.49. The maximum absolute atomic E-state index is 12.0. The van der Waals surface area contributed by atoms with Crippen LogP contribution in [0.1, 0.15) is 32.2 Å². The minimum absolute atomic E-state index is 0.134. The highest BCUT2D eigenvalue weighted by Crippen LogP contribution is 2.38. The number of aromatic nitrogens is 2. The summed E-state index contributed by atoms with van der Waals surface area (Å²) in [5, 5.41) is 3.15. The van der Waals surface area contributed by atoms with Gasteiger partial charge in [-0.3, -0.25) is 4.79 Å². The first-order valence-corrected chi connectivity index (χ1v) is 6.05. The zero-order chi connectivity index (χ0) is 12.3. The van der Waals surface area contributed by atoms with Gasteiger partial charge in [-0.25, -0.2) is 4.98 Å². The Kier molecular flexibility index (Phi) is 3.47. The van der Waals surface area contributed by atoms with Crippen molar-refractivity contribution in [1.82, 2.24) is 14.9 Å². The van der Waals surface area contributed by atoms with Crippen LogP contribution < -0.4 is 5.32 Å². The molecule has 0 spiro atoms. The van der Waals surface area contributed by atoms with Gasteiger partial charge in [0, 0.05) is 18.4 Å². The molecular formula is C12H19N3O2. The number of hydrogen-bond acceptors (Lipinski definition) is 4. The molecule has 5 nitrogen and oxygen atoms in total. The lowest BCUT2D eigenvalue weighted by atomic mass is 9.98. The van der Waals surface area contributed by atoms with Crippen LogP contribution in [0.25, 0.3) is 0 Å². The Morgan fingerprint density at radius 3 is 3.12 bits per heavy atom. The summed E-state index contributed by atoms with van der Waals surface area (Å²) in [6.45, 7) is 2.27. The van der Waals surface area contributed by atoms with Gasteiger partial charge in [-0.2, -0.15) is 0 Å². The maximum atomic E-state index is 12.0. The van der Waals surface area contributed by atoms with E-state index in [-0.39, 0.29) is 5.97 Å². The summed E-state index contributed by atoms with van der Waals surface area (Å²) < 4.78 is 7.23. The summed E-state index contributed by atoms with van der Waals surface area (Å²) in [5.41, 5.74) is -0.523. The van der Waals surface area contributed by atoms with Gasteiger partial charge < -0.3 is 14.6 Å². The molecule has 1 aromatic rings. The number of hydrogen-bond donors (Lipinski definition) is 1. The molecule has 2 unspecified atom stereocenters. The topological polar surface area (TPSA) is 56.1 Å². The summed E-state index contributed by atoms with van der Waals surface area (Å²) in [7, 11) is 1.83. The normalized spacial score (nSPS) is 28.2. The van der Waals surface area contributed by atoms with Gasteiger partial charge in [-0.05, 0) is 33.2 Å². The van der Waals surface area contributed by atoms with Crippen molar-refractivity contribution in [2.24, 2.45) is 0 Å². The Balaban J connectivity index is 2.10. The molecule has 1 aliphatic rings. The SMILES string of the molecule is CCOC(=O)C1(NC)CCC(n2ccnc2)C1. The molecule has 0 radical (unpaired) electrons. The highest BCUT2D eigenvalue weighted by Gasteiger charge is 2.45. The summed E-state index contributed by atoms with van der Waals surface area (Å²) in [4.78, 5) is 16.1. The smallest absolute Gasteiger partial charge is 0.326 e. The van der Waals surface area contributed by atoms with E-state index in [4.69, 9.17) is 4.74 Å². The van der Waals surface area contributed by atoms with E-state index in [0.717, 1.165) is 19.3 Å². The first kappa shape index (κ1) is 12.1. The molecule has 0 amide bonds. The van der Waals surface area contributed by atoms with E-state index in [2.05, 4.69) is 14.9 Å². The highest BCUT2D eigenvalue weighted by molar-refractivity contribution is 5.81. The lowest BCUT2D eigenvalue weighted by molar-refractivity contribution is -0.150. The lowest BCUT2D eigenvalue weighted by Gasteiger charge is -2.26. The maximum Gasteiger partial charge on any atom is 0.326 e. The molecular weight excluding hydrogens is 218 g/mol. The molecule has 1 aromatic heterocycles. The molecule has 2 rings (SSSR count). The Hall–Kier alpha value is -1.36. The van der Waals surface area contributed by atoms with Crippen molar-refractivity contribution in [3.63, 3.8) is 0 Å². The van der Waals surface area contributed by atoms with E-state index in [1.807, 2.05) is 26.5 Å². The number of rotatable bonds is 4. The molecule has 1 aliphatic carbocycles. The Bertz CT molecular complexity index is 377. The van der Waals surface area contributed by atoms with E-state index in [9.17, 15) is 4.79 Å². The van der Waals surface area contributed by atoms with Crippen molar-refractivity contribution in [2.75, 3.05) is 13.7 Å². The zero-order valence-electron chi connectivity index (χ0n) is 10.3. The fourth-order valence-electron chi connectivity index (χ4n) is 2.54. The van der Waals surface area contributed by atoms with E-state index < -0.39 is 5.54 Å². The molecule has 2 atom stereocenters. The molecule has 1 fully saturated rings. The van der Waals surface area contributed by atoms with Gasteiger partial charge >= 0.3 is 5.97 Å². The number of likely N-dealkylation sites (N-methyl/N-ethyl adjacent to an activating group) is 1.